The number of hydrogen-bond donors (Lipinski definition) is 1. The number of aliphatic hydroxyl groups excluding tert-OH is 1. The fourth-order valence-corrected chi connectivity index (χ4v) is 2.19. The van der Waals surface area contributed by atoms with Crippen LogP contribution in [0.4, 0.5) is 0 Å². The molecule has 0 aromatic heterocycles. The van der Waals surface area contributed by atoms with Gasteiger partial charge in [0, 0.05) is 19.6 Å². The molecule has 1 rings (SSSR count). The Hall–Kier alpha value is -0.220. The highest BCUT2D eigenvalue weighted by molar-refractivity contribution is 8.13. The zero-order valence-corrected chi connectivity index (χ0v) is 9.18. The van der Waals surface area contributed by atoms with Crippen molar-refractivity contribution in [2.75, 3.05) is 25.9 Å². The van der Waals surface area contributed by atoms with E-state index in [1.807, 2.05) is 0 Å². The van der Waals surface area contributed by atoms with Crippen LogP contribution in [0.5, 0.6) is 0 Å². The van der Waals surface area contributed by atoms with Crippen molar-refractivity contribution in [1.29, 1.82) is 0 Å². The van der Waals surface area contributed by atoms with Crippen LogP contribution in [-0.2, 0) is 0 Å². The molecule has 0 unspecified atom stereocenters. The van der Waals surface area contributed by atoms with Crippen molar-refractivity contribution in [3.63, 3.8) is 0 Å². The molecule has 76 valence electrons. The van der Waals surface area contributed by atoms with Crippen LogP contribution >= 0.6 is 11.8 Å². The molecular weight excluding hydrogens is 184 g/mol. The topological polar surface area (TPSA) is 35.8 Å². The molecule has 0 spiro atoms. The van der Waals surface area contributed by atoms with Gasteiger partial charge in [0.05, 0.1) is 6.10 Å². The summed E-state index contributed by atoms with van der Waals surface area (Å²) in [4.78, 5) is 6.68. The van der Waals surface area contributed by atoms with E-state index in [2.05, 4.69) is 23.1 Å². The molecule has 1 aliphatic rings. The van der Waals surface area contributed by atoms with Gasteiger partial charge in [-0.3, -0.25) is 4.99 Å². The van der Waals surface area contributed by atoms with E-state index < -0.39 is 0 Å². The van der Waals surface area contributed by atoms with Gasteiger partial charge in [-0.15, -0.1) is 0 Å². The molecule has 3 nitrogen and oxygen atoms in total. The quantitative estimate of drug-likeness (QED) is 0.512. The fourth-order valence-electron chi connectivity index (χ4n) is 1.49. The highest BCUT2D eigenvalue weighted by Gasteiger charge is 2.18. The largest absolute Gasteiger partial charge is 0.393 e. The van der Waals surface area contributed by atoms with Crippen LogP contribution in [0, 0.1) is 0 Å². The maximum atomic E-state index is 9.34. The number of rotatable bonds is 1. The van der Waals surface area contributed by atoms with Gasteiger partial charge in [-0.25, -0.2) is 0 Å². The lowest BCUT2D eigenvalue weighted by Crippen LogP contribution is -2.38. The van der Waals surface area contributed by atoms with Crippen molar-refractivity contribution >= 4 is 16.9 Å². The first-order valence-electron chi connectivity index (χ1n) is 4.79. The lowest BCUT2D eigenvalue weighted by molar-refractivity contribution is 0.110. The Kier molecular flexibility index (Phi) is 4.59. The normalized spacial score (nSPS) is 20.8. The number of likely N-dealkylation sites (tertiary alicyclic amines) is 1. The zero-order valence-electron chi connectivity index (χ0n) is 8.36. The molecule has 0 amide bonds. The summed E-state index contributed by atoms with van der Waals surface area (Å²) >= 11 is 1.70. The summed E-state index contributed by atoms with van der Waals surface area (Å²) in [6.45, 7) is 4.78. The number of amidine groups is 1. The Morgan fingerprint density at radius 3 is 2.62 bits per heavy atom. The van der Waals surface area contributed by atoms with Gasteiger partial charge in [-0.05, 0) is 26.0 Å². The van der Waals surface area contributed by atoms with E-state index in [0.717, 1.165) is 37.6 Å². The maximum Gasteiger partial charge on any atom is 0.158 e. The number of hydrogen-bond acceptors (Lipinski definition) is 3. The molecule has 1 aliphatic heterocycles. The Morgan fingerprint density at radius 2 is 2.15 bits per heavy atom. The molecule has 1 N–H and O–H groups in total. The minimum absolute atomic E-state index is 0.0963. The van der Waals surface area contributed by atoms with Crippen LogP contribution in [0.2, 0.25) is 0 Å². The zero-order chi connectivity index (χ0) is 9.68. The molecule has 0 aliphatic carbocycles. The summed E-state index contributed by atoms with van der Waals surface area (Å²) in [5, 5.41) is 10.5. The number of nitrogens with zero attached hydrogens (tertiary/aromatic N) is 2. The minimum atomic E-state index is -0.0963. The molecule has 0 aromatic rings. The number of aliphatic imine (C=N–C) groups is 1. The third kappa shape index (κ3) is 3.19. The summed E-state index contributed by atoms with van der Waals surface area (Å²) in [7, 11) is 0. The van der Waals surface area contributed by atoms with E-state index in [1.54, 1.807) is 11.8 Å². The molecule has 1 saturated heterocycles. The SMILES string of the molecule is CCN=C(SC)N1CCC(O)CC1. The van der Waals surface area contributed by atoms with Crippen molar-refractivity contribution in [3.05, 3.63) is 0 Å². The van der Waals surface area contributed by atoms with Gasteiger partial charge in [-0.1, -0.05) is 11.8 Å². The standard InChI is InChI=1S/C9H18N2OS/c1-3-10-9(13-2)11-6-4-8(12)5-7-11/h8,12H,3-7H2,1-2H3. The Balaban J connectivity index is 2.46. The summed E-state index contributed by atoms with van der Waals surface area (Å²) in [6, 6.07) is 0. The Labute approximate surface area is 84.2 Å². The van der Waals surface area contributed by atoms with Crippen LogP contribution in [-0.4, -0.2) is 47.2 Å². The molecule has 0 atom stereocenters. The van der Waals surface area contributed by atoms with Crippen LogP contribution in [0.25, 0.3) is 0 Å². The first-order chi connectivity index (χ1) is 6.27. The summed E-state index contributed by atoms with van der Waals surface area (Å²) in [5.41, 5.74) is 0. The van der Waals surface area contributed by atoms with Crippen molar-refractivity contribution in [3.8, 4) is 0 Å². The van der Waals surface area contributed by atoms with E-state index >= 15 is 0 Å². The van der Waals surface area contributed by atoms with Gasteiger partial charge < -0.3 is 10.0 Å². The van der Waals surface area contributed by atoms with Crippen molar-refractivity contribution in [1.82, 2.24) is 4.90 Å². The van der Waals surface area contributed by atoms with E-state index in [9.17, 15) is 5.11 Å². The second-order valence-corrected chi connectivity index (χ2v) is 3.95. The lowest BCUT2D eigenvalue weighted by atomic mass is 10.1. The predicted molar refractivity (Wildman–Crippen MR) is 58.3 cm³/mol. The predicted octanol–water partition coefficient (Wildman–Crippen LogP) is 1.18. The molecule has 1 fully saturated rings. The maximum absolute atomic E-state index is 9.34. The second kappa shape index (κ2) is 5.50. The Bertz CT molecular complexity index is 176. The van der Waals surface area contributed by atoms with E-state index in [-0.39, 0.29) is 6.10 Å². The first kappa shape index (κ1) is 10.9. The van der Waals surface area contributed by atoms with Crippen LogP contribution < -0.4 is 0 Å². The molecule has 0 saturated carbocycles. The molecule has 0 radical (unpaired) electrons. The summed E-state index contributed by atoms with van der Waals surface area (Å²) in [5.74, 6) is 0. The molecule has 13 heavy (non-hydrogen) atoms. The number of aliphatic hydroxyl groups is 1. The van der Waals surface area contributed by atoms with Gasteiger partial charge in [0.25, 0.3) is 0 Å². The van der Waals surface area contributed by atoms with Crippen LogP contribution in [0.3, 0.4) is 0 Å². The Morgan fingerprint density at radius 1 is 1.54 bits per heavy atom. The molecule has 0 aromatic carbocycles. The van der Waals surface area contributed by atoms with Gasteiger partial charge in [-0.2, -0.15) is 0 Å². The molecular formula is C9H18N2OS. The van der Waals surface area contributed by atoms with Gasteiger partial charge in [0.1, 0.15) is 0 Å². The van der Waals surface area contributed by atoms with E-state index in [4.69, 9.17) is 0 Å². The second-order valence-electron chi connectivity index (χ2n) is 3.18. The van der Waals surface area contributed by atoms with Crippen molar-refractivity contribution in [2.45, 2.75) is 25.9 Å². The lowest BCUT2D eigenvalue weighted by Gasteiger charge is -2.31. The van der Waals surface area contributed by atoms with Crippen molar-refractivity contribution in [2.24, 2.45) is 4.99 Å². The minimum Gasteiger partial charge on any atom is -0.393 e. The van der Waals surface area contributed by atoms with E-state index in [1.165, 1.54) is 0 Å². The molecule has 0 bridgehead atoms. The number of piperidine rings is 1. The smallest absolute Gasteiger partial charge is 0.158 e. The first-order valence-corrected chi connectivity index (χ1v) is 6.01. The van der Waals surface area contributed by atoms with E-state index in [0.29, 0.717) is 0 Å². The number of thioether (sulfide) groups is 1. The monoisotopic (exact) mass is 202 g/mol. The highest BCUT2D eigenvalue weighted by atomic mass is 32.2. The summed E-state index contributed by atoms with van der Waals surface area (Å²) in [6.07, 6.45) is 3.72. The van der Waals surface area contributed by atoms with Crippen molar-refractivity contribution < 1.29 is 5.11 Å². The van der Waals surface area contributed by atoms with Gasteiger partial charge >= 0.3 is 0 Å². The fraction of sp³-hybridized carbons (Fsp3) is 0.889. The average Bonchev–Trinajstić information content (AvgIpc) is 2.16. The molecule has 1 heterocycles. The average molecular weight is 202 g/mol. The summed E-state index contributed by atoms with van der Waals surface area (Å²) < 4.78 is 0. The van der Waals surface area contributed by atoms with Gasteiger partial charge in [0.15, 0.2) is 5.17 Å². The highest BCUT2D eigenvalue weighted by Crippen LogP contribution is 2.14. The molecule has 4 heteroatoms. The third-order valence-electron chi connectivity index (χ3n) is 2.21. The third-order valence-corrected chi connectivity index (χ3v) is 2.96. The van der Waals surface area contributed by atoms with Crippen LogP contribution in [0.15, 0.2) is 4.99 Å². The van der Waals surface area contributed by atoms with Gasteiger partial charge in [0.2, 0.25) is 0 Å². The van der Waals surface area contributed by atoms with Crippen LogP contribution in [0.1, 0.15) is 19.8 Å².